The number of rotatable bonds is 7. The van der Waals surface area contributed by atoms with Gasteiger partial charge in [-0.15, -0.1) is 22.7 Å². The van der Waals surface area contributed by atoms with Crippen molar-refractivity contribution in [2.45, 2.75) is 58.8 Å². The van der Waals surface area contributed by atoms with Crippen molar-refractivity contribution in [3.05, 3.63) is 31.2 Å². The molecule has 5 nitrogen and oxygen atoms in total. The predicted octanol–water partition coefficient (Wildman–Crippen LogP) is 3.44. The Hall–Kier alpha value is -1.47. The third-order valence-electron chi connectivity index (χ3n) is 4.68. The van der Waals surface area contributed by atoms with E-state index < -0.39 is 0 Å². The lowest BCUT2D eigenvalue weighted by atomic mass is 10.0. The van der Waals surface area contributed by atoms with Crippen LogP contribution < -0.4 is 10.6 Å². The van der Waals surface area contributed by atoms with Gasteiger partial charge in [-0.05, 0) is 46.0 Å². The second kappa shape index (κ2) is 9.46. The van der Waals surface area contributed by atoms with Crippen LogP contribution in [0.4, 0.5) is 0 Å². The van der Waals surface area contributed by atoms with Crippen LogP contribution in [0, 0.1) is 13.8 Å². The van der Waals surface area contributed by atoms with E-state index in [0.717, 1.165) is 44.0 Å². The Bertz CT molecular complexity index is 704. The molecule has 0 radical (unpaired) electrons. The Labute approximate surface area is 164 Å². The standard InChI is InChI=1S/C19H29N5S2/c1-13-14(2)25-18(23-13)10-12-22-19(20-3)21-11-6-9-17-24-15-7-4-5-8-16(15)26-17/h4-12H2,1-3H3,(H2,20,21,22). The number of fused-ring (bicyclic) bond motifs is 1. The van der Waals surface area contributed by atoms with Crippen molar-refractivity contribution < 1.29 is 0 Å². The van der Waals surface area contributed by atoms with Gasteiger partial charge < -0.3 is 10.6 Å². The van der Waals surface area contributed by atoms with Crippen molar-refractivity contribution in [3.8, 4) is 0 Å². The molecule has 2 N–H and O–H groups in total. The zero-order chi connectivity index (χ0) is 18.4. The van der Waals surface area contributed by atoms with E-state index in [2.05, 4.69) is 34.5 Å². The van der Waals surface area contributed by atoms with E-state index in [1.165, 1.54) is 51.1 Å². The van der Waals surface area contributed by atoms with Crippen LogP contribution in [0.5, 0.6) is 0 Å². The molecule has 0 aromatic carbocycles. The molecule has 26 heavy (non-hydrogen) atoms. The van der Waals surface area contributed by atoms with Crippen LogP contribution in [0.15, 0.2) is 4.99 Å². The Morgan fingerprint density at radius 3 is 2.50 bits per heavy atom. The van der Waals surface area contributed by atoms with Gasteiger partial charge in [-0.1, -0.05) is 0 Å². The number of thiazole rings is 2. The summed E-state index contributed by atoms with van der Waals surface area (Å²) in [4.78, 5) is 16.5. The van der Waals surface area contributed by atoms with E-state index in [0.29, 0.717) is 0 Å². The molecule has 0 spiro atoms. The van der Waals surface area contributed by atoms with Crippen molar-refractivity contribution in [3.63, 3.8) is 0 Å². The number of nitrogens with zero attached hydrogens (tertiary/aromatic N) is 3. The van der Waals surface area contributed by atoms with Gasteiger partial charge in [0.2, 0.25) is 0 Å². The molecule has 1 aliphatic carbocycles. The molecule has 0 aliphatic heterocycles. The SMILES string of the molecule is CN=C(NCCCc1nc2c(s1)CCCC2)NCCc1nc(C)c(C)s1. The lowest BCUT2D eigenvalue weighted by Crippen LogP contribution is -2.38. The second-order valence-electron chi connectivity index (χ2n) is 6.71. The maximum absolute atomic E-state index is 4.82. The minimum Gasteiger partial charge on any atom is -0.356 e. The zero-order valence-electron chi connectivity index (χ0n) is 16.0. The van der Waals surface area contributed by atoms with Gasteiger partial charge in [0.1, 0.15) is 0 Å². The van der Waals surface area contributed by atoms with Gasteiger partial charge in [-0.25, -0.2) is 9.97 Å². The number of hydrogen-bond donors (Lipinski definition) is 2. The fourth-order valence-electron chi connectivity index (χ4n) is 3.11. The van der Waals surface area contributed by atoms with Gasteiger partial charge >= 0.3 is 0 Å². The highest BCUT2D eigenvalue weighted by Gasteiger charge is 2.14. The van der Waals surface area contributed by atoms with Crippen LogP contribution in [0.2, 0.25) is 0 Å². The summed E-state index contributed by atoms with van der Waals surface area (Å²) < 4.78 is 0. The summed E-state index contributed by atoms with van der Waals surface area (Å²) >= 11 is 3.71. The van der Waals surface area contributed by atoms with Crippen molar-refractivity contribution in [1.29, 1.82) is 0 Å². The Morgan fingerprint density at radius 2 is 1.77 bits per heavy atom. The first kappa shape index (κ1) is 19.3. The molecule has 7 heteroatoms. The molecule has 2 aromatic rings. The predicted molar refractivity (Wildman–Crippen MR) is 112 cm³/mol. The van der Waals surface area contributed by atoms with Crippen molar-refractivity contribution >= 4 is 28.6 Å². The largest absolute Gasteiger partial charge is 0.356 e. The summed E-state index contributed by atoms with van der Waals surface area (Å²) in [7, 11) is 1.82. The summed E-state index contributed by atoms with van der Waals surface area (Å²) in [5, 5.41) is 9.27. The van der Waals surface area contributed by atoms with E-state index in [4.69, 9.17) is 4.98 Å². The maximum atomic E-state index is 4.82. The van der Waals surface area contributed by atoms with E-state index in [1.807, 2.05) is 18.4 Å². The van der Waals surface area contributed by atoms with Crippen molar-refractivity contribution in [2.24, 2.45) is 4.99 Å². The lowest BCUT2D eigenvalue weighted by Gasteiger charge is -2.10. The Balaban J connectivity index is 1.34. The number of aryl methyl sites for hydroxylation is 5. The molecule has 2 aromatic heterocycles. The van der Waals surface area contributed by atoms with Crippen molar-refractivity contribution in [2.75, 3.05) is 20.1 Å². The van der Waals surface area contributed by atoms with Gasteiger partial charge in [0.15, 0.2) is 5.96 Å². The average Bonchev–Trinajstić information content (AvgIpc) is 3.19. The van der Waals surface area contributed by atoms with Gasteiger partial charge in [0, 0.05) is 42.7 Å². The highest BCUT2D eigenvalue weighted by molar-refractivity contribution is 7.12. The topological polar surface area (TPSA) is 62.2 Å². The second-order valence-corrected chi connectivity index (χ2v) is 9.17. The summed E-state index contributed by atoms with van der Waals surface area (Å²) in [6, 6.07) is 0. The Morgan fingerprint density at radius 1 is 1.00 bits per heavy atom. The van der Waals surface area contributed by atoms with E-state index in [9.17, 15) is 0 Å². The molecule has 0 amide bonds. The molecule has 1 aliphatic rings. The van der Waals surface area contributed by atoms with Gasteiger partial charge in [-0.2, -0.15) is 0 Å². The molecule has 3 rings (SSSR count). The van der Waals surface area contributed by atoms with Crippen molar-refractivity contribution in [1.82, 2.24) is 20.6 Å². The molecule has 0 atom stereocenters. The molecular formula is C19H29N5S2. The molecule has 0 saturated heterocycles. The van der Waals surface area contributed by atoms with Crippen LogP contribution in [0.25, 0.3) is 0 Å². The van der Waals surface area contributed by atoms with Gasteiger partial charge in [-0.3, -0.25) is 4.99 Å². The summed E-state index contributed by atoms with van der Waals surface area (Å²) in [6.07, 6.45) is 8.12. The van der Waals surface area contributed by atoms with E-state index in [-0.39, 0.29) is 0 Å². The Kier molecular flexibility index (Phi) is 7.02. The average molecular weight is 392 g/mol. The number of hydrogen-bond acceptors (Lipinski definition) is 5. The summed E-state index contributed by atoms with van der Waals surface area (Å²) in [6.45, 7) is 5.97. The summed E-state index contributed by atoms with van der Waals surface area (Å²) in [5.74, 6) is 0.869. The molecule has 0 saturated carbocycles. The first-order valence-corrected chi connectivity index (χ1v) is 11.1. The highest BCUT2D eigenvalue weighted by atomic mass is 32.1. The molecule has 0 bridgehead atoms. The number of aliphatic imine (C=N–C) groups is 1. The minimum absolute atomic E-state index is 0.852. The molecule has 0 fully saturated rings. The molecule has 0 unspecified atom stereocenters. The summed E-state index contributed by atoms with van der Waals surface area (Å²) in [5.41, 5.74) is 2.52. The van der Waals surface area contributed by atoms with Crippen LogP contribution in [-0.4, -0.2) is 36.1 Å². The smallest absolute Gasteiger partial charge is 0.190 e. The first-order chi connectivity index (χ1) is 12.7. The molecular weight excluding hydrogens is 362 g/mol. The van der Waals surface area contributed by atoms with Crippen LogP contribution in [0.1, 0.15) is 50.4 Å². The monoisotopic (exact) mass is 391 g/mol. The van der Waals surface area contributed by atoms with E-state index in [1.54, 1.807) is 11.3 Å². The number of guanidine groups is 1. The van der Waals surface area contributed by atoms with Crippen LogP contribution in [-0.2, 0) is 25.7 Å². The maximum Gasteiger partial charge on any atom is 0.190 e. The van der Waals surface area contributed by atoms with Gasteiger partial charge in [0.25, 0.3) is 0 Å². The zero-order valence-corrected chi connectivity index (χ0v) is 17.7. The molecule has 2 heterocycles. The fraction of sp³-hybridized carbons (Fsp3) is 0.632. The normalized spacial score (nSPS) is 14.3. The number of nitrogens with one attached hydrogen (secondary N) is 2. The lowest BCUT2D eigenvalue weighted by molar-refractivity contribution is 0.678. The van der Waals surface area contributed by atoms with Crippen LogP contribution >= 0.6 is 22.7 Å². The third-order valence-corrected chi connectivity index (χ3v) is 7.03. The third kappa shape index (κ3) is 5.27. The fourth-order valence-corrected chi connectivity index (χ4v) is 5.25. The van der Waals surface area contributed by atoms with E-state index >= 15 is 0 Å². The quantitative estimate of drug-likeness (QED) is 0.431. The number of aromatic nitrogens is 2. The molecule has 142 valence electrons. The van der Waals surface area contributed by atoms with Gasteiger partial charge in [0.05, 0.1) is 21.4 Å². The minimum atomic E-state index is 0.852. The first-order valence-electron chi connectivity index (χ1n) is 9.50. The van der Waals surface area contributed by atoms with Crippen LogP contribution in [0.3, 0.4) is 0 Å². The highest BCUT2D eigenvalue weighted by Crippen LogP contribution is 2.27.